The van der Waals surface area contributed by atoms with Gasteiger partial charge < -0.3 is 4.43 Å². The first kappa shape index (κ1) is 21.8. The molecule has 0 aliphatic rings. The van der Waals surface area contributed by atoms with E-state index in [1.54, 1.807) is 0 Å². The Labute approximate surface area is 168 Å². The van der Waals surface area contributed by atoms with E-state index in [0.717, 1.165) is 11.3 Å². The van der Waals surface area contributed by atoms with E-state index in [-0.39, 0.29) is 0 Å². The number of fused-ring (bicyclic) bond motifs is 1. The van der Waals surface area contributed by atoms with Gasteiger partial charge in [0.05, 0.1) is 0 Å². The van der Waals surface area contributed by atoms with Crippen molar-refractivity contribution in [3.8, 4) is 17.2 Å². The van der Waals surface area contributed by atoms with Crippen LogP contribution in [-0.2, 0) is 0 Å². The molecule has 27 heavy (non-hydrogen) atoms. The highest BCUT2D eigenvalue weighted by molar-refractivity contribution is 6.83. The molecule has 0 N–H and O–H groups in total. The smallest absolute Gasteiger partial charge is 0.258 e. The van der Waals surface area contributed by atoms with Crippen molar-refractivity contribution in [2.75, 3.05) is 0 Å². The van der Waals surface area contributed by atoms with Crippen LogP contribution in [0, 0.1) is 11.5 Å². The Morgan fingerprint density at radius 1 is 0.741 bits per heavy atom. The van der Waals surface area contributed by atoms with Crippen molar-refractivity contribution in [1.82, 2.24) is 0 Å². The van der Waals surface area contributed by atoms with E-state index in [1.807, 2.05) is 0 Å². The van der Waals surface area contributed by atoms with Crippen molar-refractivity contribution in [3.05, 3.63) is 42.0 Å². The number of rotatable bonds is 5. The van der Waals surface area contributed by atoms with E-state index >= 15 is 0 Å². The lowest BCUT2D eigenvalue weighted by molar-refractivity contribution is 0.480. The van der Waals surface area contributed by atoms with Gasteiger partial charge in [-0.25, -0.2) is 0 Å². The fourth-order valence-electron chi connectivity index (χ4n) is 4.18. The van der Waals surface area contributed by atoms with E-state index in [1.165, 1.54) is 10.8 Å². The molecule has 0 radical (unpaired) electrons. The lowest BCUT2D eigenvalue weighted by Crippen LogP contribution is -2.50. The van der Waals surface area contributed by atoms with Gasteiger partial charge in [0.25, 0.3) is 8.32 Å². The van der Waals surface area contributed by atoms with Gasteiger partial charge >= 0.3 is 0 Å². The van der Waals surface area contributed by atoms with Crippen LogP contribution in [0.5, 0.6) is 5.75 Å². The second-order valence-corrected chi connectivity index (χ2v) is 19.8. The zero-order chi connectivity index (χ0) is 20.4. The first-order valence-corrected chi connectivity index (χ1v) is 15.9. The molecule has 0 spiro atoms. The maximum Gasteiger partial charge on any atom is 0.258 e. The molecule has 2 aromatic carbocycles. The molecule has 0 bridgehead atoms. The summed E-state index contributed by atoms with van der Waals surface area (Å²) >= 11 is 0. The molecule has 0 aromatic heterocycles. The highest BCUT2D eigenvalue weighted by Gasteiger charge is 2.46. The Hall–Kier alpha value is -1.51. The van der Waals surface area contributed by atoms with Crippen LogP contribution in [0.2, 0.25) is 36.3 Å². The first-order valence-electron chi connectivity index (χ1n) is 10.2. The lowest BCUT2D eigenvalue weighted by atomic mass is 10.1. The topological polar surface area (TPSA) is 9.23 Å². The predicted octanol–water partition coefficient (Wildman–Crippen LogP) is 7.62. The lowest BCUT2D eigenvalue weighted by Gasteiger charge is -2.42. The van der Waals surface area contributed by atoms with Gasteiger partial charge in [-0.2, -0.15) is 0 Å². The molecule has 0 aliphatic carbocycles. The van der Waals surface area contributed by atoms with Crippen molar-refractivity contribution < 1.29 is 4.43 Å². The molecule has 0 saturated carbocycles. The molecule has 0 aliphatic heterocycles. The van der Waals surface area contributed by atoms with Crippen LogP contribution in [0.4, 0.5) is 0 Å². The zero-order valence-corrected chi connectivity index (χ0v) is 20.6. The molecule has 2 aromatic rings. The molecule has 0 atom stereocenters. The van der Waals surface area contributed by atoms with Crippen LogP contribution in [0.1, 0.15) is 47.1 Å². The van der Waals surface area contributed by atoms with Crippen LogP contribution in [0.15, 0.2) is 36.4 Å². The fraction of sp³-hybridized carbons (Fsp3) is 0.500. The van der Waals surface area contributed by atoms with Crippen molar-refractivity contribution in [2.45, 2.75) is 77.8 Å². The van der Waals surface area contributed by atoms with Crippen LogP contribution < -0.4 is 4.43 Å². The summed E-state index contributed by atoms with van der Waals surface area (Å²) in [6.45, 7) is 20.8. The van der Waals surface area contributed by atoms with E-state index in [9.17, 15) is 0 Å². The van der Waals surface area contributed by atoms with Crippen LogP contribution in [0.3, 0.4) is 0 Å². The molecule has 1 nitrogen and oxygen atoms in total. The number of benzene rings is 2. The Morgan fingerprint density at radius 3 is 1.78 bits per heavy atom. The van der Waals surface area contributed by atoms with E-state index < -0.39 is 16.4 Å². The molecule has 0 amide bonds. The third-order valence-corrected chi connectivity index (χ3v) is 12.3. The van der Waals surface area contributed by atoms with Gasteiger partial charge in [0, 0.05) is 5.56 Å². The Morgan fingerprint density at radius 2 is 1.26 bits per heavy atom. The Bertz CT molecular complexity index is 826. The molecule has 0 saturated heterocycles. The summed E-state index contributed by atoms with van der Waals surface area (Å²) in [5.74, 6) is 4.38. The maximum atomic E-state index is 6.83. The average Bonchev–Trinajstić information content (AvgIpc) is 2.56. The van der Waals surface area contributed by atoms with Crippen molar-refractivity contribution in [3.63, 3.8) is 0 Å². The van der Waals surface area contributed by atoms with Gasteiger partial charge in [-0.05, 0) is 51.7 Å². The summed E-state index contributed by atoms with van der Waals surface area (Å²) in [4.78, 5) is 0. The van der Waals surface area contributed by atoms with Crippen LogP contribution >= 0.6 is 0 Å². The quantitative estimate of drug-likeness (QED) is 0.373. The van der Waals surface area contributed by atoms with Gasteiger partial charge in [0.1, 0.15) is 13.8 Å². The molecule has 146 valence electrons. The molecular formula is C24H36OSi2. The number of hydrogen-bond acceptors (Lipinski definition) is 1. The third kappa shape index (κ3) is 5.06. The molecule has 0 heterocycles. The molecule has 3 heteroatoms. The monoisotopic (exact) mass is 396 g/mol. The summed E-state index contributed by atoms with van der Waals surface area (Å²) in [5.41, 5.74) is 6.29. The van der Waals surface area contributed by atoms with E-state index in [2.05, 4.69) is 109 Å². The number of hydrogen-bond donors (Lipinski definition) is 0. The molecule has 0 unspecified atom stereocenters. The standard InChI is InChI=1S/C24H36OSi2/c1-18(2)27(19(3)4,20(5)6)25-24-13-12-22-16-21(10-11-23(22)17-24)14-15-26(7,8)9/h10-13,16-20H,1-9H3. The van der Waals surface area contributed by atoms with E-state index in [4.69, 9.17) is 4.43 Å². The highest BCUT2D eigenvalue weighted by Crippen LogP contribution is 2.43. The summed E-state index contributed by atoms with van der Waals surface area (Å²) in [5, 5.41) is 2.46. The van der Waals surface area contributed by atoms with Crippen molar-refractivity contribution in [1.29, 1.82) is 0 Å². The van der Waals surface area contributed by atoms with E-state index in [0.29, 0.717) is 16.6 Å². The maximum absolute atomic E-state index is 6.83. The summed E-state index contributed by atoms with van der Waals surface area (Å²) in [6.07, 6.45) is 0. The molecular weight excluding hydrogens is 360 g/mol. The largest absolute Gasteiger partial charge is 0.543 e. The predicted molar refractivity (Wildman–Crippen MR) is 126 cm³/mol. The minimum absolute atomic E-state index is 0.576. The van der Waals surface area contributed by atoms with Gasteiger partial charge in [-0.3, -0.25) is 0 Å². The molecule has 0 fully saturated rings. The van der Waals surface area contributed by atoms with Gasteiger partial charge in [-0.15, -0.1) is 5.54 Å². The Kier molecular flexibility index (Phi) is 6.65. The van der Waals surface area contributed by atoms with Crippen LogP contribution in [0.25, 0.3) is 10.8 Å². The average molecular weight is 397 g/mol. The highest BCUT2D eigenvalue weighted by atomic mass is 28.4. The SMILES string of the molecule is CC(C)[Si](Oc1ccc2cc(C#C[Si](C)(C)C)ccc2c1)(C(C)C)C(C)C. The Balaban J connectivity index is 2.40. The van der Waals surface area contributed by atoms with Gasteiger partial charge in [-0.1, -0.05) is 79.2 Å². The van der Waals surface area contributed by atoms with Crippen molar-refractivity contribution in [2.24, 2.45) is 0 Å². The summed E-state index contributed by atoms with van der Waals surface area (Å²) in [7, 11) is -3.27. The second-order valence-electron chi connectivity index (χ2n) is 9.64. The zero-order valence-electron chi connectivity index (χ0n) is 18.6. The van der Waals surface area contributed by atoms with Crippen molar-refractivity contribution >= 4 is 27.2 Å². The normalized spacial score (nSPS) is 12.6. The second kappa shape index (κ2) is 8.24. The van der Waals surface area contributed by atoms with Gasteiger partial charge in [0.15, 0.2) is 0 Å². The van der Waals surface area contributed by atoms with Crippen LogP contribution in [-0.4, -0.2) is 16.4 Å². The molecule has 2 rings (SSSR count). The first-order chi connectivity index (χ1) is 12.5. The van der Waals surface area contributed by atoms with Gasteiger partial charge in [0.2, 0.25) is 0 Å². The summed E-state index contributed by atoms with van der Waals surface area (Å²) in [6, 6.07) is 13.1. The third-order valence-electron chi connectivity index (χ3n) is 5.40. The minimum atomic E-state index is -1.92. The minimum Gasteiger partial charge on any atom is -0.543 e. The fourth-order valence-corrected chi connectivity index (χ4v) is 9.94. The summed E-state index contributed by atoms with van der Waals surface area (Å²) < 4.78 is 6.83.